The Bertz CT molecular complexity index is 489. The average Bonchev–Trinajstić information content (AvgIpc) is 2.30. The van der Waals surface area contributed by atoms with Gasteiger partial charge in [0.25, 0.3) is 0 Å². The van der Waals surface area contributed by atoms with Gasteiger partial charge >= 0.3 is 6.18 Å². The molecule has 0 aromatic heterocycles. The first-order chi connectivity index (χ1) is 9.32. The van der Waals surface area contributed by atoms with Crippen LogP contribution in [0.1, 0.15) is 36.4 Å². The molecule has 1 aromatic rings. The van der Waals surface area contributed by atoms with Crippen molar-refractivity contribution >= 4 is 21.6 Å². The van der Waals surface area contributed by atoms with Crippen LogP contribution in [0.4, 0.5) is 18.9 Å². The normalized spacial score (nSPS) is 17.9. The molecule has 20 heavy (non-hydrogen) atoms. The Morgan fingerprint density at radius 2 is 2.05 bits per heavy atom. The maximum Gasteiger partial charge on any atom is 0.418 e. The third-order valence-electron chi connectivity index (χ3n) is 3.58. The number of rotatable bonds is 4. The van der Waals surface area contributed by atoms with Crippen LogP contribution in [0.25, 0.3) is 0 Å². The minimum absolute atomic E-state index is 0.191. The van der Waals surface area contributed by atoms with E-state index in [9.17, 15) is 18.3 Å². The van der Waals surface area contributed by atoms with Gasteiger partial charge in [0.05, 0.1) is 23.9 Å². The van der Waals surface area contributed by atoms with Crippen LogP contribution in [0, 0.1) is 0 Å². The Morgan fingerprint density at radius 3 is 2.50 bits per heavy atom. The minimum Gasteiger partial charge on any atom is -0.397 e. The fraction of sp³-hybridized carbons (Fsp3) is 0.538. The SMILES string of the molecule is Nc1c(Br)cc(C(CO)NC2CCC2)cc1C(F)(F)F. The first kappa shape index (κ1) is 15.6. The van der Waals surface area contributed by atoms with Crippen LogP contribution in [0.3, 0.4) is 0 Å². The highest BCUT2D eigenvalue weighted by atomic mass is 79.9. The van der Waals surface area contributed by atoms with Gasteiger partial charge in [0, 0.05) is 10.5 Å². The number of hydrogen-bond donors (Lipinski definition) is 3. The lowest BCUT2D eigenvalue weighted by Gasteiger charge is -2.31. The van der Waals surface area contributed by atoms with Gasteiger partial charge in [-0.05, 0) is 46.5 Å². The van der Waals surface area contributed by atoms with Crippen molar-refractivity contribution in [1.29, 1.82) is 0 Å². The summed E-state index contributed by atoms with van der Waals surface area (Å²) in [4.78, 5) is 0. The number of aliphatic hydroxyl groups is 1. The van der Waals surface area contributed by atoms with E-state index < -0.39 is 17.8 Å². The van der Waals surface area contributed by atoms with Crippen molar-refractivity contribution in [2.75, 3.05) is 12.3 Å². The first-order valence-corrected chi connectivity index (χ1v) is 7.15. The number of nitrogens with one attached hydrogen (secondary N) is 1. The number of halogens is 4. The van der Waals surface area contributed by atoms with E-state index >= 15 is 0 Å². The van der Waals surface area contributed by atoms with Gasteiger partial charge in [-0.1, -0.05) is 6.42 Å². The average molecular weight is 353 g/mol. The lowest BCUT2D eigenvalue weighted by molar-refractivity contribution is -0.137. The third kappa shape index (κ3) is 3.27. The lowest BCUT2D eigenvalue weighted by atomic mass is 9.91. The van der Waals surface area contributed by atoms with Crippen LogP contribution in [0.15, 0.2) is 16.6 Å². The molecule has 1 aliphatic rings. The number of benzene rings is 1. The second-order valence-electron chi connectivity index (χ2n) is 4.99. The van der Waals surface area contributed by atoms with E-state index in [1.54, 1.807) is 0 Å². The van der Waals surface area contributed by atoms with Gasteiger partial charge in [-0.2, -0.15) is 13.2 Å². The molecule has 1 unspecified atom stereocenters. The maximum atomic E-state index is 12.9. The molecule has 1 aromatic carbocycles. The molecule has 0 spiro atoms. The number of aliphatic hydroxyl groups excluding tert-OH is 1. The molecule has 0 bridgehead atoms. The molecule has 0 heterocycles. The fourth-order valence-electron chi connectivity index (χ4n) is 2.19. The molecule has 0 aliphatic heterocycles. The van der Waals surface area contributed by atoms with Crippen LogP contribution < -0.4 is 11.1 Å². The molecule has 1 fully saturated rings. The van der Waals surface area contributed by atoms with Gasteiger partial charge in [-0.3, -0.25) is 0 Å². The van der Waals surface area contributed by atoms with Crippen LogP contribution >= 0.6 is 15.9 Å². The Balaban J connectivity index is 2.32. The Morgan fingerprint density at radius 1 is 1.40 bits per heavy atom. The second-order valence-corrected chi connectivity index (χ2v) is 5.85. The van der Waals surface area contributed by atoms with E-state index in [1.165, 1.54) is 6.07 Å². The zero-order valence-electron chi connectivity index (χ0n) is 10.7. The van der Waals surface area contributed by atoms with E-state index in [1.807, 2.05) is 0 Å². The fourth-order valence-corrected chi connectivity index (χ4v) is 2.67. The van der Waals surface area contributed by atoms with E-state index in [0.717, 1.165) is 25.3 Å². The van der Waals surface area contributed by atoms with Crippen LogP contribution in [-0.4, -0.2) is 17.8 Å². The summed E-state index contributed by atoms with van der Waals surface area (Å²) >= 11 is 3.05. The molecule has 7 heteroatoms. The lowest BCUT2D eigenvalue weighted by Crippen LogP contribution is -2.39. The number of nitrogen functional groups attached to an aromatic ring is 1. The molecular formula is C13H16BrF3N2O. The predicted molar refractivity (Wildman–Crippen MR) is 74.2 cm³/mol. The van der Waals surface area contributed by atoms with Crippen molar-refractivity contribution in [2.24, 2.45) is 0 Å². The van der Waals surface area contributed by atoms with Crippen molar-refractivity contribution in [3.05, 3.63) is 27.7 Å². The third-order valence-corrected chi connectivity index (χ3v) is 4.24. The summed E-state index contributed by atoms with van der Waals surface area (Å²) in [6, 6.07) is 2.28. The Hall–Kier alpha value is -0.790. The zero-order chi connectivity index (χ0) is 14.9. The summed E-state index contributed by atoms with van der Waals surface area (Å²) in [5, 5.41) is 12.6. The largest absolute Gasteiger partial charge is 0.418 e. The highest BCUT2D eigenvalue weighted by Crippen LogP contribution is 2.39. The molecule has 0 saturated heterocycles. The van der Waals surface area contributed by atoms with Crippen molar-refractivity contribution in [2.45, 2.75) is 37.5 Å². The monoisotopic (exact) mass is 352 g/mol. The number of anilines is 1. The van der Waals surface area contributed by atoms with Gasteiger partial charge in [0.1, 0.15) is 0 Å². The van der Waals surface area contributed by atoms with Crippen molar-refractivity contribution in [3.8, 4) is 0 Å². The minimum atomic E-state index is -4.51. The van der Waals surface area contributed by atoms with Crippen LogP contribution in [0.2, 0.25) is 0 Å². The predicted octanol–water partition coefficient (Wildman–Crippen LogP) is 3.23. The van der Waals surface area contributed by atoms with E-state index in [-0.39, 0.29) is 22.8 Å². The van der Waals surface area contributed by atoms with Gasteiger partial charge in [0.2, 0.25) is 0 Å². The molecule has 112 valence electrons. The molecule has 1 saturated carbocycles. The van der Waals surface area contributed by atoms with Gasteiger partial charge < -0.3 is 16.2 Å². The number of nitrogens with two attached hydrogens (primary N) is 1. The quantitative estimate of drug-likeness (QED) is 0.729. The van der Waals surface area contributed by atoms with Crippen molar-refractivity contribution < 1.29 is 18.3 Å². The van der Waals surface area contributed by atoms with Gasteiger partial charge in [-0.25, -0.2) is 0 Å². The molecule has 4 N–H and O–H groups in total. The molecular weight excluding hydrogens is 337 g/mol. The summed E-state index contributed by atoms with van der Waals surface area (Å²) in [7, 11) is 0. The summed E-state index contributed by atoms with van der Waals surface area (Å²) in [6.07, 6.45) is -1.44. The van der Waals surface area contributed by atoms with E-state index in [4.69, 9.17) is 5.73 Å². The highest BCUT2D eigenvalue weighted by molar-refractivity contribution is 9.10. The summed E-state index contributed by atoms with van der Waals surface area (Å²) in [5.74, 6) is 0. The highest BCUT2D eigenvalue weighted by Gasteiger charge is 2.35. The molecule has 1 aliphatic carbocycles. The molecule has 0 radical (unpaired) electrons. The standard InChI is InChI=1S/C13H16BrF3N2O/c14-10-5-7(4-9(12(10)18)13(15,16)17)11(6-20)19-8-2-1-3-8/h4-5,8,11,19-20H,1-3,6,18H2. The maximum absolute atomic E-state index is 12.9. The van der Waals surface area contributed by atoms with Crippen LogP contribution in [-0.2, 0) is 6.18 Å². The Labute approximate surface area is 123 Å². The second kappa shape index (κ2) is 5.91. The molecule has 3 nitrogen and oxygen atoms in total. The number of alkyl halides is 3. The van der Waals surface area contributed by atoms with Gasteiger partial charge in [-0.15, -0.1) is 0 Å². The van der Waals surface area contributed by atoms with Gasteiger partial charge in [0.15, 0.2) is 0 Å². The van der Waals surface area contributed by atoms with Crippen LogP contribution in [0.5, 0.6) is 0 Å². The summed E-state index contributed by atoms with van der Waals surface area (Å²) in [6.45, 7) is -0.260. The van der Waals surface area contributed by atoms with Crippen molar-refractivity contribution in [3.63, 3.8) is 0 Å². The smallest absolute Gasteiger partial charge is 0.397 e. The molecule has 2 rings (SSSR count). The number of hydrogen-bond acceptors (Lipinski definition) is 3. The topological polar surface area (TPSA) is 58.3 Å². The zero-order valence-corrected chi connectivity index (χ0v) is 12.3. The van der Waals surface area contributed by atoms with E-state index in [0.29, 0.717) is 5.56 Å². The molecule has 1 atom stereocenters. The Kier molecular flexibility index (Phi) is 4.61. The summed E-state index contributed by atoms with van der Waals surface area (Å²) < 4.78 is 39.0. The first-order valence-electron chi connectivity index (χ1n) is 6.36. The molecule has 0 amide bonds. The summed E-state index contributed by atoms with van der Waals surface area (Å²) in [5.41, 5.74) is 4.64. The van der Waals surface area contributed by atoms with E-state index in [2.05, 4.69) is 21.2 Å². The van der Waals surface area contributed by atoms with Crippen molar-refractivity contribution in [1.82, 2.24) is 5.32 Å².